The van der Waals surface area contributed by atoms with Crippen LogP contribution in [0.2, 0.25) is 0 Å². The second kappa shape index (κ2) is 9.58. The number of carboxylic acid groups (broad SMARTS) is 1. The number of carbonyl (C=O) groups excluding carboxylic acids is 2. The van der Waals surface area contributed by atoms with Crippen molar-refractivity contribution in [2.45, 2.75) is 37.3 Å². The molecule has 1 saturated heterocycles. The Hall–Kier alpha value is -4.20. The van der Waals surface area contributed by atoms with Gasteiger partial charge in [0.2, 0.25) is 11.1 Å². The molecular formula is C21H18N4O9S. The first-order valence-corrected chi connectivity index (χ1v) is 11.4. The highest BCUT2D eigenvalue weighted by atomic mass is 32.2. The van der Waals surface area contributed by atoms with Crippen molar-refractivity contribution in [3.8, 4) is 0 Å². The van der Waals surface area contributed by atoms with Gasteiger partial charge in [-0.1, -0.05) is 0 Å². The van der Waals surface area contributed by atoms with Crippen molar-refractivity contribution in [2.75, 3.05) is 0 Å². The van der Waals surface area contributed by atoms with E-state index in [4.69, 9.17) is 9.47 Å². The van der Waals surface area contributed by atoms with Crippen molar-refractivity contribution in [3.63, 3.8) is 0 Å². The summed E-state index contributed by atoms with van der Waals surface area (Å²) in [7, 11) is -1.99. The minimum atomic E-state index is -1.99. The molecule has 13 nitrogen and oxygen atoms in total. The number of nitro benzene ring substituents is 1. The number of carbonyl (C=O) groups is 3. The summed E-state index contributed by atoms with van der Waals surface area (Å²) in [6, 6.07) is 6.26. The van der Waals surface area contributed by atoms with Crippen LogP contribution in [-0.4, -0.2) is 59.3 Å². The number of fused-ring (bicyclic) bond motifs is 1. The van der Waals surface area contributed by atoms with Gasteiger partial charge in [0, 0.05) is 30.9 Å². The smallest absolute Gasteiger partial charge is 0.477 e. The molecule has 0 aliphatic carbocycles. The van der Waals surface area contributed by atoms with E-state index in [1.54, 1.807) is 0 Å². The van der Waals surface area contributed by atoms with E-state index >= 15 is 0 Å². The second-order valence-corrected chi connectivity index (χ2v) is 9.06. The van der Waals surface area contributed by atoms with Gasteiger partial charge in [-0.15, -0.1) is 0 Å². The molecule has 1 aromatic carbocycles. The van der Waals surface area contributed by atoms with Gasteiger partial charge in [-0.25, -0.2) is 23.8 Å². The highest BCUT2D eigenvalue weighted by Gasteiger charge is 2.59. The molecule has 0 saturated carbocycles. The summed E-state index contributed by atoms with van der Waals surface area (Å²) in [5.74, 6) is -2.85. The standard InChI is InChI=1S/C21H18N4O9S/c1-11(34-21(29)33-10-12-3-5-13(6-4-12)25(30)31)16-14-9-15(17(19(27)28)24(14)18(16)26)35(32)20-22-7-2-8-23-20/h2-8,11,14,16H,9-10H2,1H3,(H,27,28). The lowest BCUT2D eigenvalue weighted by Crippen LogP contribution is -2.62. The molecule has 2 aliphatic rings. The zero-order valence-electron chi connectivity index (χ0n) is 18.1. The zero-order valence-corrected chi connectivity index (χ0v) is 18.9. The van der Waals surface area contributed by atoms with E-state index in [1.807, 2.05) is 0 Å². The maximum Gasteiger partial charge on any atom is 0.508 e. The molecule has 4 rings (SSSR count). The minimum absolute atomic E-state index is 0.00551. The van der Waals surface area contributed by atoms with E-state index in [1.165, 1.54) is 49.6 Å². The van der Waals surface area contributed by atoms with Crippen molar-refractivity contribution in [1.82, 2.24) is 14.9 Å². The number of hydrogen-bond acceptors (Lipinski definition) is 10. The van der Waals surface area contributed by atoms with E-state index in [0.717, 1.165) is 4.90 Å². The van der Waals surface area contributed by atoms with E-state index in [2.05, 4.69) is 9.97 Å². The van der Waals surface area contributed by atoms with Crippen LogP contribution in [0.5, 0.6) is 0 Å². The predicted octanol–water partition coefficient (Wildman–Crippen LogP) is 1.76. The maximum atomic E-state index is 12.9. The van der Waals surface area contributed by atoms with Crippen LogP contribution in [0.1, 0.15) is 18.9 Å². The summed E-state index contributed by atoms with van der Waals surface area (Å²) < 4.78 is 23.1. The van der Waals surface area contributed by atoms with Crippen LogP contribution in [0.15, 0.2) is 58.5 Å². The van der Waals surface area contributed by atoms with Crippen LogP contribution in [0, 0.1) is 16.0 Å². The lowest BCUT2D eigenvalue weighted by atomic mass is 9.83. The monoisotopic (exact) mass is 502 g/mol. The van der Waals surface area contributed by atoms with Crippen LogP contribution in [-0.2, 0) is 36.5 Å². The van der Waals surface area contributed by atoms with Gasteiger partial charge in [-0.05, 0) is 30.7 Å². The molecule has 182 valence electrons. The molecule has 2 aromatic rings. The lowest BCUT2D eigenvalue weighted by Gasteiger charge is -2.45. The molecule has 0 radical (unpaired) electrons. The van der Waals surface area contributed by atoms with Crippen molar-refractivity contribution < 1.29 is 38.1 Å². The third-order valence-electron chi connectivity index (χ3n) is 5.59. The van der Waals surface area contributed by atoms with Crippen molar-refractivity contribution in [3.05, 3.63) is 69.0 Å². The number of hydrogen-bond donors (Lipinski definition) is 1. The van der Waals surface area contributed by atoms with Gasteiger partial charge in [0.25, 0.3) is 5.69 Å². The molecule has 1 aromatic heterocycles. The van der Waals surface area contributed by atoms with Crippen molar-refractivity contribution in [2.24, 2.45) is 5.92 Å². The minimum Gasteiger partial charge on any atom is -0.477 e. The average molecular weight is 502 g/mol. The summed E-state index contributed by atoms with van der Waals surface area (Å²) in [6.07, 6.45) is 0.722. The molecule has 0 bridgehead atoms. The Morgan fingerprint density at radius 3 is 2.54 bits per heavy atom. The highest BCUT2D eigenvalue weighted by molar-refractivity contribution is 7.88. The number of nitro groups is 1. The third-order valence-corrected chi connectivity index (χ3v) is 6.94. The largest absolute Gasteiger partial charge is 0.508 e. The van der Waals surface area contributed by atoms with Crippen LogP contribution in [0.4, 0.5) is 10.5 Å². The number of β-lactam (4-membered cyclic amide) rings is 1. The molecule has 4 unspecified atom stereocenters. The number of amides is 1. The summed E-state index contributed by atoms with van der Waals surface area (Å²) >= 11 is 0. The maximum absolute atomic E-state index is 12.9. The highest BCUT2D eigenvalue weighted by Crippen LogP contribution is 2.45. The molecule has 1 amide bonds. The summed E-state index contributed by atoms with van der Waals surface area (Å²) in [4.78, 5) is 55.7. The van der Waals surface area contributed by atoms with Gasteiger partial charge in [-0.2, -0.15) is 0 Å². The van der Waals surface area contributed by atoms with Gasteiger partial charge >= 0.3 is 12.1 Å². The fourth-order valence-corrected chi connectivity index (χ4v) is 5.21. The van der Waals surface area contributed by atoms with E-state index < -0.39 is 51.8 Å². The normalized spacial score (nSPS) is 20.5. The molecular weight excluding hydrogens is 484 g/mol. The third kappa shape index (κ3) is 4.59. The first-order chi connectivity index (χ1) is 16.7. The molecule has 4 atom stereocenters. The lowest BCUT2D eigenvalue weighted by molar-refractivity contribution is -0.384. The fraction of sp³-hybridized carbons (Fsp3) is 0.286. The number of rotatable bonds is 8. The molecule has 1 N–H and O–H groups in total. The number of aliphatic carboxylic acids is 1. The van der Waals surface area contributed by atoms with Crippen molar-refractivity contribution in [1.29, 1.82) is 0 Å². The molecule has 0 spiro atoms. The van der Waals surface area contributed by atoms with Crippen molar-refractivity contribution >= 4 is 34.5 Å². The number of aromatic nitrogens is 2. The van der Waals surface area contributed by atoms with Crippen LogP contribution < -0.4 is 0 Å². The number of non-ortho nitro benzene ring substituents is 1. The summed E-state index contributed by atoms with van der Waals surface area (Å²) in [6.45, 7) is 1.27. The Labute approximate surface area is 200 Å². The van der Waals surface area contributed by atoms with Crippen LogP contribution >= 0.6 is 0 Å². The Morgan fingerprint density at radius 2 is 1.94 bits per heavy atom. The Balaban J connectivity index is 1.39. The predicted molar refractivity (Wildman–Crippen MR) is 116 cm³/mol. The van der Waals surface area contributed by atoms with E-state index in [9.17, 15) is 33.8 Å². The van der Waals surface area contributed by atoms with Gasteiger partial charge in [0.15, 0.2) is 0 Å². The average Bonchev–Trinajstić information content (AvgIpc) is 3.18. The second-order valence-electron chi connectivity index (χ2n) is 7.67. The van der Waals surface area contributed by atoms with Gasteiger partial charge in [-0.3, -0.25) is 14.9 Å². The quantitative estimate of drug-likeness (QED) is 0.183. The summed E-state index contributed by atoms with van der Waals surface area (Å²) in [5, 5.41) is 20.3. The Bertz CT molecular complexity index is 1250. The topological polar surface area (TPSA) is 179 Å². The number of ether oxygens (including phenoxy) is 2. The van der Waals surface area contributed by atoms with Crippen LogP contribution in [0.3, 0.4) is 0 Å². The molecule has 35 heavy (non-hydrogen) atoms. The molecule has 3 heterocycles. The van der Waals surface area contributed by atoms with Gasteiger partial charge in [0.1, 0.15) is 29.2 Å². The molecule has 14 heteroatoms. The van der Waals surface area contributed by atoms with E-state index in [-0.39, 0.29) is 34.5 Å². The van der Waals surface area contributed by atoms with Gasteiger partial charge < -0.3 is 19.5 Å². The Morgan fingerprint density at radius 1 is 1.29 bits per heavy atom. The zero-order chi connectivity index (χ0) is 25.3. The molecule has 1 fully saturated rings. The fourth-order valence-electron chi connectivity index (χ4n) is 3.99. The SMILES string of the molecule is CC(OC(=O)OCc1ccc([N+](=O)[O-])cc1)C1C(=O)N2C(C(=O)O)=C(S(=O)c3ncccn3)CC12. The van der Waals surface area contributed by atoms with Gasteiger partial charge in [0.05, 0.1) is 21.8 Å². The number of carboxylic acids is 1. The van der Waals surface area contributed by atoms with E-state index in [0.29, 0.717) is 5.56 Å². The number of benzene rings is 1. The van der Waals surface area contributed by atoms with Crippen LogP contribution in [0.25, 0.3) is 0 Å². The Kier molecular flexibility index (Phi) is 6.55. The summed E-state index contributed by atoms with van der Waals surface area (Å²) in [5.41, 5.74) is 0.00505. The molecule has 2 aliphatic heterocycles. The first kappa shape index (κ1) is 23.9. The number of nitrogens with zero attached hydrogens (tertiary/aromatic N) is 4. The first-order valence-electron chi connectivity index (χ1n) is 10.2.